The molecule has 1 aliphatic carbocycles. The van der Waals surface area contributed by atoms with Crippen LogP contribution in [0.4, 0.5) is 0 Å². The Morgan fingerprint density at radius 2 is 1.74 bits per heavy atom. The van der Waals surface area contributed by atoms with Gasteiger partial charge in [-0.05, 0) is 68.4 Å². The molecule has 0 spiro atoms. The Hall–Kier alpha value is -1.83. The lowest BCUT2D eigenvalue weighted by molar-refractivity contribution is -0.171. The van der Waals surface area contributed by atoms with E-state index >= 15 is 0 Å². The molecule has 0 atom stereocenters. The number of benzene rings is 2. The van der Waals surface area contributed by atoms with Crippen LogP contribution in [-0.2, 0) is 15.1 Å². The van der Waals surface area contributed by atoms with Gasteiger partial charge in [0.1, 0.15) is 5.60 Å². The van der Waals surface area contributed by atoms with Crippen LogP contribution in [0.15, 0.2) is 42.5 Å². The third-order valence-electron chi connectivity index (χ3n) is 5.41. The Bertz CT molecular complexity index is 709. The predicted octanol–water partition coefficient (Wildman–Crippen LogP) is 5.59. The molecule has 3 rings (SSSR count). The van der Waals surface area contributed by atoms with Crippen molar-refractivity contribution in [3.05, 3.63) is 48.0 Å². The molecule has 0 N–H and O–H groups in total. The second-order valence-electron chi connectivity index (χ2n) is 7.39. The fraction of sp³-hybridized carbons (Fsp3) is 0.476. The molecule has 0 aromatic heterocycles. The van der Waals surface area contributed by atoms with Crippen molar-refractivity contribution in [2.45, 2.75) is 58.5 Å². The largest absolute Gasteiger partial charge is 0.454 e. The second-order valence-corrected chi connectivity index (χ2v) is 7.39. The highest BCUT2D eigenvalue weighted by atomic mass is 16.6. The predicted molar refractivity (Wildman–Crippen MR) is 94.3 cm³/mol. The van der Waals surface area contributed by atoms with Gasteiger partial charge in [-0.2, -0.15) is 0 Å². The lowest BCUT2D eigenvalue weighted by Gasteiger charge is -2.33. The zero-order valence-electron chi connectivity index (χ0n) is 14.4. The van der Waals surface area contributed by atoms with Gasteiger partial charge in [-0.15, -0.1) is 0 Å². The molecular formula is C21H26O2. The minimum atomic E-state index is -0.437. The maximum Gasteiger partial charge on any atom is 0.312 e. The quantitative estimate of drug-likeness (QED) is 0.688. The Morgan fingerprint density at radius 1 is 1.09 bits per heavy atom. The van der Waals surface area contributed by atoms with Gasteiger partial charge in [0, 0.05) is 0 Å². The summed E-state index contributed by atoms with van der Waals surface area (Å²) in [5.74, 6) is -0.0740. The van der Waals surface area contributed by atoms with Gasteiger partial charge >= 0.3 is 5.97 Å². The first kappa shape index (κ1) is 16.0. The molecule has 0 heterocycles. The molecule has 1 saturated carbocycles. The number of hydrogen-bond acceptors (Lipinski definition) is 2. The molecule has 0 bridgehead atoms. The summed E-state index contributed by atoms with van der Waals surface area (Å²) < 4.78 is 6.15. The van der Waals surface area contributed by atoms with Gasteiger partial charge in [-0.3, -0.25) is 4.79 Å². The molecule has 23 heavy (non-hydrogen) atoms. The Labute approximate surface area is 138 Å². The molecular weight excluding hydrogens is 284 g/mol. The standard InChI is InChI=1S/C21H26O2/c1-4-20(2,3)19(22)23-21(13-7-8-14-21)18-12-11-16-9-5-6-10-17(16)15-18/h5-6,9-12,15H,4,7-8,13-14H2,1-3H3. The monoisotopic (exact) mass is 310 g/mol. The van der Waals surface area contributed by atoms with Gasteiger partial charge in [0.05, 0.1) is 5.41 Å². The molecule has 122 valence electrons. The van der Waals surface area contributed by atoms with E-state index in [9.17, 15) is 4.79 Å². The van der Waals surface area contributed by atoms with Crippen molar-refractivity contribution in [3.63, 3.8) is 0 Å². The normalized spacial score (nSPS) is 17.3. The topological polar surface area (TPSA) is 26.3 Å². The van der Waals surface area contributed by atoms with Crippen molar-refractivity contribution in [3.8, 4) is 0 Å². The highest BCUT2D eigenvalue weighted by Gasteiger charge is 2.42. The van der Waals surface area contributed by atoms with Crippen molar-refractivity contribution in [2.75, 3.05) is 0 Å². The van der Waals surface area contributed by atoms with Crippen LogP contribution in [0.1, 0.15) is 58.4 Å². The van der Waals surface area contributed by atoms with Crippen LogP contribution in [0.2, 0.25) is 0 Å². The number of ether oxygens (including phenoxy) is 1. The number of esters is 1. The molecule has 1 aliphatic rings. The molecule has 0 aliphatic heterocycles. The lowest BCUT2D eigenvalue weighted by Crippen LogP contribution is -2.36. The van der Waals surface area contributed by atoms with E-state index in [1.807, 2.05) is 20.8 Å². The number of hydrogen-bond donors (Lipinski definition) is 0. The molecule has 0 radical (unpaired) electrons. The zero-order valence-corrected chi connectivity index (χ0v) is 14.4. The molecule has 0 saturated heterocycles. The third kappa shape index (κ3) is 2.99. The lowest BCUT2D eigenvalue weighted by atomic mass is 9.87. The summed E-state index contributed by atoms with van der Waals surface area (Å²) in [5, 5.41) is 2.44. The summed E-state index contributed by atoms with van der Waals surface area (Å²) in [6.07, 6.45) is 4.88. The maximum atomic E-state index is 12.7. The maximum absolute atomic E-state index is 12.7. The molecule has 2 heteroatoms. The number of rotatable bonds is 4. The Morgan fingerprint density at radius 3 is 2.39 bits per heavy atom. The van der Waals surface area contributed by atoms with Gasteiger partial charge in [-0.1, -0.05) is 43.3 Å². The zero-order chi connectivity index (χ0) is 16.5. The van der Waals surface area contributed by atoms with Crippen LogP contribution in [0, 0.1) is 5.41 Å². The number of carbonyl (C=O) groups is 1. The smallest absolute Gasteiger partial charge is 0.312 e. The average molecular weight is 310 g/mol. The summed E-state index contributed by atoms with van der Waals surface area (Å²) in [7, 11) is 0. The molecule has 2 nitrogen and oxygen atoms in total. The summed E-state index contributed by atoms with van der Waals surface area (Å²) in [5.41, 5.74) is 0.286. The van der Waals surface area contributed by atoms with E-state index in [1.165, 1.54) is 10.8 Å². The fourth-order valence-electron chi connectivity index (χ4n) is 3.33. The van der Waals surface area contributed by atoms with Crippen molar-refractivity contribution < 1.29 is 9.53 Å². The van der Waals surface area contributed by atoms with Crippen LogP contribution in [-0.4, -0.2) is 5.97 Å². The van der Waals surface area contributed by atoms with E-state index in [1.54, 1.807) is 0 Å². The number of fused-ring (bicyclic) bond motifs is 1. The third-order valence-corrected chi connectivity index (χ3v) is 5.41. The fourth-order valence-corrected chi connectivity index (χ4v) is 3.33. The minimum absolute atomic E-state index is 0.0740. The molecule has 0 unspecified atom stereocenters. The highest BCUT2D eigenvalue weighted by molar-refractivity contribution is 5.83. The Balaban J connectivity index is 1.98. The van der Waals surface area contributed by atoms with Crippen molar-refractivity contribution in [2.24, 2.45) is 5.41 Å². The average Bonchev–Trinajstić information content (AvgIpc) is 3.04. The van der Waals surface area contributed by atoms with Crippen molar-refractivity contribution in [1.29, 1.82) is 0 Å². The van der Waals surface area contributed by atoms with Gasteiger partial charge in [0.2, 0.25) is 0 Å². The first-order chi connectivity index (χ1) is 11.0. The van der Waals surface area contributed by atoms with Crippen LogP contribution in [0.5, 0.6) is 0 Å². The SMILES string of the molecule is CCC(C)(C)C(=O)OC1(c2ccc3ccccc3c2)CCCC1. The first-order valence-electron chi connectivity index (χ1n) is 8.70. The number of carbonyl (C=O) groups excluding carboxylic acids is 1. The van der Waals surface area contributed by atoms with Crippen LogP contribution >= 0.6 is 0 Å². The Kier molecular flexibility index (Phi) is 4.18. The molecule has 2 aromatic rings. The van der Waals surface area contributed by atoms with E-state index < -0.39 is 11.0 Å². The van der Waals surface area contributed by atoms with E-state index in [-0.39, 0.29) is 5.97 Å². The summed E-state index contributed by atoms with van der Waals surface area (Å²) in [6, 6.07) is 14.8. The molecule has 1 fully saturated rings. The molecule has 2 aromatic carbocycles. The summed E-state index contributed by atoms with van der Waals surface area (Å²) in [4.78, 5) is 12.7. The highest BCUT2D eigenvalue weighted by Crippen LogP contribution is 2.44. The van der Waals surface area contributed by atoms with Gasteiger partial charge in [0.25, 0.3) is 0 Å². The van der Waals surface area contributed by atoms with Crippen molar-refractivity contribution in [1.82, 2.24) is 0 Å². The summed E-state index contributed by atoms with van der Waals surface area (Å²) >= 11 is 0. The van der Waals surface area contributed by atoms with E-state index in [2.05, 4.69) is 42.5 Å². The summed E-state index contributed by atoms with van der Waals surface area (Å²) in [6.45, 7) is 5.98. The second kappa shape index (κ2) is 5.99. The van der Waals surface area contributed by atoms with Gasteiger partial charge < -0.3 is 4.74 Å². The molecule has 0 amide bonds. The van der Waals surface area contributed by atoms with E-state index in [0.717, 1.165) is 37.7 Å². The van der Waals surface area contributed by atoms with Crippen LogP contribution in [0.3, 0.4) is 0 Å². The van der Waals surface area contributed by atoms with Crippen LogP contribution < -0.4 is 0 Å². The van der Waals surface area contributed by atoms with E-state index in [4.69, 9.17) is 4.74 Å². The van der Waals surface area contributed by atoms with Crippen LogP contribution in [0.25, 0.3) is 10.8 Å². The van der Waals surface area contributed by atoms with Crippen molar-refractivity contribution >= 4 is 16.7 Å². The first-order valence-corrected chi connectivity index (χ1v) is 8.70. The van der Waals surface area contributed by atoms with Gasteiger partial charge in [0.15, 0.2) is 0 Å². The van der Waals surface area contributed by atoms with E-state index in [0.29, 0.717) is 0 Å². The van der Waals surface area contributed by atoms with Gasteiger partial charge in [-0.25, -0.2) is 0 Å². The minimum Gasteiger partial charge on any atom is -0.454 e.